The van der Waals surface area contributed by atoms with Crippen molar-refractivity contribution in [3.8, 4) is 0 Å². The van der Waals surface area contributed by atoms with Crippen molar-refractivity contribution in [2.24, 2.45) is 5.92 Å². The van der Waals surface area contributed by atoms with Crippen molar-refractivity contribution >= 4 is 21.6 Å². The molecular weight excluding hydrogens is 306 g/mol. The second-order valence-electron chi connectivity index (χ2n) is 7.37. The molecule has 0 bridgehead atoms. The monoisotopic (exact) mass is 333 g/mol. The molecule has 0 saturated heterocycles. The number of hydrogen-bond donors (Lipinski definition) is 1. The van der Waals surface area contributed by atoms with Gasteiger partial charge in [0.2, 0.25) is 0 Å². The minimum atomic E-state index is 0.156. The summed E-state index contributed by atoms with van der Waals surface area (Å²) in [6, 6.07) is 1.03. The van der Waals surface area contributed by atoms with E-state index in [1.165, 1.54) is 10.4 Å². The van der Waals surface area contributed by atoms with Crippen LogP contribution in [-0.2, 0) is 19.4 Å². The predicted octanol–water partition coefficient (Wildman–Crippen LogP) is 3.36. The van der Waals surface area contributed by atoms with E-state index < -0.39 is 0 Å². The van der Waals surface area contributed by atoms with Gasteiger partial charge in [-0.1, -0.05) is 27.7 Å². The lowest BCUT2D eigenvalue weighted by Gasteiger charge is -2.25. The molecule has 1 atom stereocenters. The lowest BCUT2D eigenvalue weighted by Crippen LogP contribution is -2.38. The molecule has 23 heavy (non-hydrogen) atoms. The number of nitrogens with one attached hydrogen (secondary N) is 1. The molecule has 2 aromatic rings. The largest absolute Gasteiger partial charge is 0.311 e. The molecule has 4 nitrogen and oxygen atoms in total. The zero-order chi connectivity index (χ0) is 16.6. The van der Waals surface area contributed by atoms with Gasteiger partial charge in [0.1, 0.15) is 4.83 Å². The van der Waals surface area contributed by atoms with Crippen molar-refractivity contribution in [3.63, 3.8) is 0 Å². The zero-order valence-corrected chi connectivity index (χ0v) is 15.4. The Kier molecular flexibility index (Phi) is 4.87. The van der Waals surface area contributed by atoms with E-state index in [2.05, 4.69) is 38.0 Å². The van der Waals surface area contributed by atoms with Gasteiger partial charge >= 0.3 is 0 Å². The summed E-state index contributed by atoms with van der Waals surface area (Å²) in [5, 5.41) is 4.52. The van der Waals surface area contributed by atoms with E-state index in [0.29, 0.717) is 18.0 Å². The Morgan fingerprint density at radius 1 is 1.39 bits per heavy atom. The number of aromatic nitrogens is 2. The average Bonchev–Trinajstić information content (AvgIpc) is 2.84. The third-order valence-corrected chi connectivity index (χ3v) is 5.71. The fourth-order valence-electron chi connectivity index (χ4n) is 3.37. The SMILES string of the molecule is CC(C)CCn1cnc2sc3c(c2c1=O)CC[C@H](NC(C)C)C3. The van der Waals surface area contributed by atoms with Crippen LogP contribution in [0.15, 0.2) is 11.1 Å². The highest BCUT2D eigenvalue weighted by Crippen LogP contribution is 2.33. The zero-order valence-electron chi connectivity index (χ0n) is 14.6. The minimum Gasteiger partial charge on any atom is -0.311 e. The van der Waals surface area contributed by atoms with Crippen molar-refractivity contribution in [2.75, 3.05) is 0 Å². The summed E-state index contributed by atoms with van der Waals surface area (Å²) in [6.07, 6.45) is 5.88. The van der Waals surface area contributed by atoms with Gasteiger partial charge in [-0.25, -0.2) is 4.98 Å². The lowest BCUT2D eigenvalue weighted by atomic mass is 9.92. The van der Waals surface area contributed by atoms with Crippen LogP contribution in [0.5, 0.6) is 0 Å². The fourth-order valence-corrected chi connectivity index (χ4v) is 4.63. The Labute approximate surface area is 141 Å². The second kappa shape index (κ2) is 6.73. The predicted molar refractivity (Wildman–Crippen MR) is 97.4 cm³/mol. The standard InChI is InChI=1S/C18H27N3OS/c1-11(2)7-8-21-10-19-17-16(18(21)22)14-6-5-13(20-12(3)4)9-15(14)23-17/h10-13,20H,5-9H2,1-4H3/t13-/m0/s1. The average molecular weight is 334 g/mol. The topological polar surface area (TPSA) is 46.9 Å². The van der Waals surface area contributed by atoms with Gasteiger partial charge in [0.15, 0.2) is 0 Å². The molecule has 0 unspecified atom stereocenters. The maximum absolute atomic E-state index is 12.8. The summed E-state index contributed by atoms with van der Waals surface area (Å²) in [6.45, 7) is 9.52. The number of fused-ring (bicyclic) bond motifs is 3. The van der Waals surface area contributed by atoms with E-state index in [-0.39, 0.29) is 5.56 Å². The summed E-state index contributed by atoms with van der Waals surface area (Å²) in [7, 11) is 0. The van der Waals surface area contributed by atoms with Gasteiger partial charge in [0.05, 0.1) is 11.7 Å². The molecule has 126 valence electrons. The Bertz CT molecular complexity index is 745. The minimum absolute atomic E-state index is 0.156. The van der Waals surface area contributed by atoms with Gasteiger partial charge in [-0.15, -0.1) is 11.3 Å². The molecule has 0 aliphatic heterocycles. The van der Waals surface area contributed by atoms with Gasteiger partial charge < -0.3 is 5.32 Å². The number of hydrogen-bond acceptors (Lipinski definition) is 4. The van der Waals surface area contributed by atoms with Crippen molar-refractivity contribution in [1.29, 1.82) is 0 Å². The first-order valence-electron chi connectivity index (χ1n) is 8.71. The first kappa shape index (κ1) is 16.7. The van der Waals surface area contributed by atoms with E-state index in [9.17, 15) is 4.79 Å². The van der Waals surface area contributed by atoms with Crippen molar-refractivity contribution in [1.82, 2.24) is 14.9 Å². The van der Waals surface area contributed by atoms with Crippen molar-refractivity contribution in [3.05, 3.63) is 27.1 Å². The molecule has 2 heterocycles. The number of thiophene rings is 1. The Morgan fingerprint density at radius 3 is 2.87 bits per heavy atom. The molecule has 0 spiro atoms. The highest BCUT2D eigenvalue weighted by atomic mass is 32.1. The molecule has 3 rings (SSSR count). The Balaban J connectivity index is 1.93. The third kappa shape index (κ3) is 3.50. The van der Waals surface area contributed by atoms with Crippen LogP contribution >= 0.6 is 11.3 Å². The summed E-state index contributed by atoms with van der Waals surface area (Å²) >= 11 is 1.71. The molecule has 0 amide bonds. The van der Waals surface area contributed by atoms with E-state index in [1.807, 2.05) is 0 Å². The molecule has 0 radical (unpaired) electrons. The molecule has 1 aliphatic rings. The summed E-state index contributed by atoms with van der Waals surface area (Å²) in [5.74, 6) is 0.594. The highest BCUT2D eigenvalue weighted by Gasteiger charge is 2.25. The molecular formula is C18H27N3OS. The van der Waals surface area contributed by atoms with Crippen LogP contribution in [0, 0.1) is 5.92 Å². The van der Waals surface area contributed by atoms with E-state index >= 15 is 0 Å². The maximum Gasteiger partial charge on any atom is 0.262 e. The van der Waals surface area contributed by atoms with Crippen molar-refractivity contribution in [2.45, 2.75) is 72.0 Å². The Morgan fingerprint density at radius 2 is 2.17 bits per heavy atom. The summed E-state index contributed by atoms with van der Waals surface area (Å²) in [4.78, 5) is 19.7. The van der Waals surface area contributed by atoms with Crippen LogP contribution in [0.3, 0.4) is 0 Å². The number of rotatable bonds is 5. The third-order valence-electron chi connectivity index (χ3n) is 4.55. The second-order valence-corrected chi connectivity index (χ2v) is 8.45. The van der Waals surface area contributed by atoms with Crippen LogP contribution in [0.4, 0.5) is 0 Å². The van der Waals surface area contributed by atoms with Crippen LogP contribution in [0.25, 0.3) is 10.2 Å². The molecule has 2 aromatic heterocycles. The van der Waals surface area contributed by atoms with Gasteiger partial charge in [-0.2, -0.15) is 0 Å². The molecule has 0 saturated carbocycles. The quantitative estimate of drug-likeness (QED) is 0.913. The normalized spacial score (nSPS) is 18.1. The first-order chi connectivity index (χ1) is 11.0. The van der Waals surface area contributed by atoms with Crippen LogP contribution < -0.4 is 10.9 Å². The van der Waals surface area contributed by atoms with Crippen molar-refractivity contribution < 1.29 is 0 Å². The maximum atomic E-state index is 12.8. The highest BCUT2D eigenvalue weighted by molar-refractivity contribution is 7.18. The molecule has 0 fully saturated rings. The van der Waals surface area contributed by atoms with Crippen LogP contribution in [-0.4, -0.2) is 21.6 Å². The Hall–Kier alpha value is -1.20. The number of nitrogens with zero attached hydrogens (tertiary/aromatic N) is 2. The van der Waals surface area contributed by atoms with Gasteiger partial charge in [-0.3, -0.25) is 9.36 Å². The molecule has 5 heteroatoms. The fraction of sp³-hybridized carbons (Fsp3) is 0.667. The molecule has 0 aromatic carbocycles. The summed E-state index contributed by atoms with van der Waals surface area (Å²) in [5.41, 5.74) is 1.42. The van der Waals surface area contributed by atoms with Gasteiger partial charge in [0.25, 0.3) is 5.56 Å². The van der Waals surface area contributed by atoms with Gasteiger partial charge in [-0.05, 0) is 37.2 Å². The smallest absolute Gasteiger partial charge is 0.262 e. The van der Waals surface area contributed by atoms with E-state index in [0.717, 1.165) is 42.4 Å². The van der Waals surface area contributed by atoms with E-state index in [4.69, 9.17) is 0 Å². The number of aryl methyl sites for hydroxylation is 2. The van der Waals surface area contributed by atoms with Crippen LogP contribution in [0.1, 0.15) is 51.0 Å². The molecule has 1 aliphatic carbocycles. The van der Waals surface area contributed by atoms with Crippen LogP contribution in [0.2, 0.25) is 0 Å². The first-order valence-corrected chi connectivity index (χ1v) is 9.53. The van der Waals surface area contributed by atoms with Gasteiger partial charge in [0, 0.05) is 23.5 Å². The summed E-state index contributed by atoms with van der Waals surface area (Å²) < 4.78 is 1.80. The lowest BCUT2D eigenvalue weighted by molar-refractivity contribution is 0.425. The molecule has 1 N–H and O–H groups in total. The van der Waals surface area contributed by atoms with E-state index in [1.54, 1.807) is 22.2 Å².